The van der Waals surface area contributed by atoms with E-state index in [9.17, 15) is 14.0 Å². The molecule has 1 aliphatic rings. The van der Waals surface area contributed by atoms with Crippen LogP contribution in [0.25, 0.3) is 0 Å². The van der Waals surface area contributed by atoms with Crippen molar-refractivity contribution < 1.29 is 13.9 Å². The summed E-state index contributed by atoms with van der Waals surface area (Å²) in [5, 5.41) is 6.75. The quantitative estimate of drug-likeness (QED) is 0.913. The molecule has 0 bridgehead atoms. The maximum Gasteiger partial charge on any atom is 0.345 e. The third-order valence-electron chi connectivity index (χ3n) is 3.95. The van der Waals surface area contributed by atoms with Gasteiger partial charge >= 0.3 is 5.69 Å². The van der Waals surface area contributed by atoms with E-state index in [0.29, 0.717) is 12.2 Å². The van der Waals surface area contributed by atoms with E-state index >= 15 is 0 Å². The molecule has 1 atom stereocenters. The molecule has 1 aliphatic heterocycles. The van der Waals surface area contributed by atoms with Crippen molar-refractivity contribution in [2.24, 2.45) is 7.05 Å². The van der Waals surface area contributed by atoms with Gasteiger partial charge in [0, 0.05) is 25.1 Å². The van der Waals surface area contributed by atoms with Crippen LogP contribution in [0, 0.1) is 5.82 Å². The van der Waals surface area contributed by atoms with Gasteiger partial charge in [0.25, 0.3) is 0 Å². The van der Waals surface area contributed by atoms with Gasteiger partial charge in [0.2, 0.25) is 5.91 Å². The van der Waals surface area contributed by atoms with Crippen molar-refractivity contribution in [3.05, 3.63) is 46.4 Å². The van der Waals surface area contributed by atoms with Gasteiger partial charge in [0.05, 0.1) is 6.04 Å². The molecule has 7 nitrogen and oxygen atoms in total. The minimum atomic E-state index is -0.541. The predicted octanol–water partition coefficient (Wildman–Crippen LogP) is 1.14. The number of halogens is 1. The summed E-state index contributed by atoms with van der Waals surface area (Å²) in [6.07, 6.45) is 1.89. The molecular formula is C16H19FN4O3. The van der Waals surface area contributed by atoms with E-state index in [-0.39, 0.29) is 24.2 Å². The highest BCUT2D eigenvalue weighted by atomic mass is 19.1. The molecular weight excluding hydrogens is 315 g/mol. The number of fused-ring (bicyclic) bond motifs is 1. The smallest absolute Gasteiger partial charge is 0.345 e. The standard InChI is InChI=1S/C16H19FN4O3/c1-16(2)7-12(11-5-4-10(17)6-13(11)24-16)19-14(22)8-21-15(23)20(3)9-18-21/h4-6,9,12H,7-8H2,1-3H3,(H,19,22). The lowest BCUT2D eigenvalue weighted by molar-refractivity contribution is -0.123. The fraction of sp³-hybridized carbons (Fsp3) is 0.438. The summed E-state index contributed by atoms with van der Waals surface area (Å²) < 4.78 is 21.6. The Morgan fingerprint density at radius 1 is 1.50 bits per heavy atom. The van der Waals surface area contributed by atoms with E-state index in [4.69, 9.17) is 4.74 Å². The maximum absolute atomic E-state index is 13.5. The van der Waals surface area contributed by atoms with Gasteiger partial charge in [0.15, 0.2) is 0 Å². The van der Waals surface area contributed by atoms with E-state index in [1.54, 1.807) is 13.1 Å². The number of aryl methyl sites for hydroxylation is 1. The average Bonchev–Trinajstić information content (AvgIpc) is 2.77. The molecule has 128 valence electrons. The normalized spacial score (nSPS) is 18.6. The monoisotopic (exact) mass is 334 g/mol. The molecule has 8 heteroatoms. The van der Waals surface area contributed by atoms with Crippen LogP contribution >= 0.6 is 0 Å². The second-order valence-corrected chi connectivity index (χ2v) is 6.55. The highest BCUT2D eigenvalue weighted by Gasteiger charge is 2.34. The van der Waals surface area contributed by atoms with E-state index < -0.39 is 11.4 Å². The second kappa shape index (κ2) is 5.77. The van der Waals surface area contributed by atoms with E-state index in [2.05, 4.69) is 10.4 Å². The van der Waals surface area contributed by atoms with Crippen LogP contribution in [0.4, 0.5) is 4.39 Å². The largest absolute Gasteiger partial charge is 0.487 e. The van der Waals surface area contributed by atoms with Crippen molar-refractivity contribution in [2.75, 3.05) is 0 Å². The van der Waals surface area contributed by atoms with Gasteiger partial charge < -0.3 is 10.1 Å². The number of hydrogen-bond donors (Lipinski definition) is 1. The minimum absolute atomic E-state index is 0.173. The number of nitrogens with one attached hydrogen (secondary N) is 1. The van der Waals surface area contributed by atoms with Crippen LogP contribution in [0.15, 0.2) is 29.3 Å². The molecule has 0 radical (unpaired) electrons. The van der Waals surface area contributed by atoms with Crippen LogP contribution in [-0.2, 0) is 18.4 Å². The summed E-state index contributed by atoms with van der Waals surface area (Å²) in [4.78, 5) is 24.1. The molecule has 0 spiro atoms. The van der Waals surface area contributed by atoms with Crippen LogP contribution in [-0.4, -0.2) is 25.9 Å². The summed E-state index contributed by atoms with van der Waals surface area (Å²) >= 11 is 0. The third-order valence-corrected chi connectivity index (χ3v) is 3.95. The summed E-state index contributed by atoms with van der Waals surface area (Å²) in [6, 6.07) is 3.94. The molecule has 2 heterocycles. The molecule has 0 saturated heterocycles. The van der Waals surface area contributed by atoms with Crippen molar-refractivity contribution in [3.63, 3.8) is 0 Å². The first kappa shape index (κ1) is 16.2. The van der Waals surface area contributed by atoms with Gasteiger partial charge in [-0.2, -0.15) is 5.10 Å². The number of carbonyl (C=O) groups excluding carboxylic acids is 1. The van der Waals surface area contributed by atoms with Crippen molar-refractivity contribution in [2.45, 2.75) is 38.5 Å². The minimum Gasteiger partial charge on any atom is -0.487 e. The number of nitrogens with zero attached hydrogens (tertiary/aromatic N) is 3. The molecule has 0 aliphatic carbocycles. The number of amides is 1. The number of carbonyl (C=O) groups is 1. The van der Waals surface area contributed by atoms with Gasteiger partial charge in [-0.15, -0.1) is 0 Å². The first-order valence-electron chi connectivity index (χ1n) is 7.61. The number of benzene rings is 1. The van der Waals surface area contributed by atoms with Crippen molar-refractivity contribution >= 4 is 5.91 Å². The fourth-order valence-corrected chi connectivity index (χ4v) is 2.86. The van der Waals surface area contributed by atoms with Crippen LogP contribution in [0.2, 0.25) is 0 Å². The van der Waals surface area contributed by atoms with Gasteiger partial charge in [-0.1, -0.05) is 6.07 Å². The lowest BCUT2D eigenvalue weighted by Gasteiger charge is -2.37. The molecule has 1 aromatic carbocycles. The van der Waals surface area contributed by atoms with Crippen molar-refractivity contribution in [1.82, 2.24) is 19.7 Å². The lowest BCUT2D eigenvalue weighted by Crippen LogP contribution is -2.43. The van der Waals surface area contributed by atoms with E-state index in [1.165, 1.54) is 23.0 Å². The SMILES string of the molecule is Cn1cnn(CC(=O)NC2CC(C)(C)Oc3cc(F)ccc32)c1=O. The summed E-state index contributed by atoms with van der Waals surface area (Å²) in [6.45, 7) is 3.58. The Hall–Kier alpha value is -2.64. The Kier molecular flexibility index (Phi) is 3.90. The lowest BCUT2D eigenvalue weighted by atomic mass is 9.89. The Balaban J connectivity index is 1.80. The Morgan fingerprint density at radius 3 is 2.92 bits per heavy atom. The molecule has 2 aromatic rings. The van der Waals surface area contributed by atoms with Gasteiger partial charge in [0.1, 0.15) is 30.0 Å². The van der Waals surface area contributed by atoms with Crippen LogP contribution in [0.5, 0.6) is 5.75 Å². The van der Waals surface area contributed by atoms with Gasteiger partial charge in [-0.05, 0) is 19.9 Å². The Labute approximate surface area is 138 Å². The predicted molar refractivity (Wildman–Crippen MR) is 84.1 cm³/mol. The third kappa shape index (κ3) is 3.17. The molecule has 1 unspecified atom stereocenters. The molecule has 1 N–H and O–H groups in total. The zero-order chi connectivity index (χ0) is 17.5. The highest BCUT2D eigenvalue weighted by molar-refractivity contribution is 5.76. The number of ether oxygens (including phenoxy) is 1. The van der Waals surface area contributed by atoms with Crippen LogP contribution in [0.1, 0.15) is 31.9 Å². The second-order valence-electron chi connectivity index (χ2n) is 6.55. The zero-order valence-electron chi connectivity index (χ0n) is 13.7. The van der Waals surface area contributed by atoms with Gasteiger partial charge in [-0.25, -0.2) is 13.9 Å². The summed E-state index contributed by atoms with van der Waals surface area (Å²) in [5.74, 6) is -0.308. The first-order valence-corrected chi connectivity index (χ1v) is 7.61. The number of aromatic nitrogens is 3. The molecule has 1 aromatic heterocycles. The van der Waals surface area contributed by atoms with Crippen molar-refractivity contribution in [1.29, 1.82) is 0 Å². The summed E-state index contributed by atoms with van der Waals surface area (Å²) in [5.41, 5.74) is -0.182. The molecule has 1 amide bonds. The molecule has 0 saturated carbocycles. The zero-order valence-corrected chi connectivity index (χ0v) is 13.7. The number of hydrogen-bond acceptors (Lipinski definition) is 4. The van der Waals surface area contributed by atoms with E-state index in [0.717, 1.165) is 10.2 Å². The van der Waals surface area contributed by atoms with Crippen LogP contribution in [0.3, 0.4) is 0 Å². The average molecular weight is 334 g/mol. The highest BCUT2D eigenvalue weighted by Crippen LogP contribution is 2.39. The Morgan fingerprint density at radius 2 is 2.25 bits per heavy atom. The number of rotatable bonds is 3. The van der Waals surface area contributed by atoms with Crippen LogP contribution < -0.4 is 15.7 Å². The molecule has 24 heavy (non-hydrogen) atoms. The molecule has 0 fully saturated rings. The molecule has 3 rings (SSSR count). The van der Waals surface area contributed by atoms with Crippen molar-refractivity contribution in [3.8, 4) is 5.75 Å². The maximum atomic E-state index is 13.5. The Bertz CT molecular complexity index is 840. The summed E-state index contributed by atoms with van der Waals surface area (Å²) in [7, 11) is 1.57. The topological polar surface area (TPSA) is 78.2 Å². The van der Waals surface area contributed by atoms with E-state index in [1.807, 2.05) is 13.8 Å². The van der Waals surface area contributed by atoms with Gasteiger partial charge in [-0.3, -0.25) is 9.36 Å². The first-order chi connectivity index (χ1) is 11.2. The fourth-order valence-electron chi connectivity index (χ4n) is 2.86.